The largest absolute Gasteiger partial charge is 0.356 e. The molecule has 0 radical (unpaired) electrons. The van der Waals surface area contributed by atoms with Crippen molar-refractivity contribution in [1.82, 2.24) is 20.2 Å². The molecule has 1 aromatic heterocycles. The van der Waals surface area contributed by atoms with Crippen molar-refractivity contribution >= 4 is 17.0 Å². The van der Waals surface area contributed by atoms with Crippen LogP contribution in [0.15, 0.2) is 53.5 Å². The van der Waals surface area contributed by atoms with Gasteiger partial charge in [-0.25, -0.2) is 9.37 Å². The van der Waals surface area contributed by atoms with Gasteiger partial charge < -0.3 is 15.2 Å². The maximum Gasteiger partial charge on any atom is 0.193 e. The number of rotatable bonds is 6. The average Bonchev–Trinajstić information content (AvgIpc) is 3.04. The van der Waals surface area contributed by atoms with E-state index in [1.165, 1.54) is 6.07 Å². The molecule has 0 amide bonds. The number of nitrogens with one attached hydrogen (secondary N) is 2. The molecule has 0 saturated heterocycles. The summed E-state index contributed by atoms with van der Waals surface area (Å²) >= 11 is 0. The summed E-state index contributed by atoms with van der Waals surface area (Å²) in [6.07, 6.45) is 1.80. The van der Waals surface area contributed by atoms with E-state index < -0.39 is 0 Å². The topological polar surface area (TPSA) is 56.3 Å². The lowest BCUT2D eigenvalue weighted by atomic mass is 10.2. The molecule has 3 rings (SSSR count). The Morgan fingerprint density at radius 3 is 2.85 bits per heavy atom. The third kappa shape index (κ3) is 4.59. The average molecular weight is 353 g/mol. The van der Waals surface area contributed by atoms with Crippen LogP contribution in [0.25, 0.3) is 11.0 Å². The SMILES string of the molecule is CN=C(NCCCc1nc2ccccc2[nH]1)N(C)Cc1cccc(F)c1. The molecule has 0 atom stereocenters. The second-order valence-corrected chi connectivity index (χ2v) is 6.26. The van der Waals surface area contributed by atoms with Crippen LogP contribution >= 0.6 is 0 Å². The molecule has 3 aromatic rings. The van der Waals surface area contributed by atoms with Gasteiger partial charge in [0.1, 0.15) is 11.6 Å². The van der Waals surface area contributed by atoms with E-state index in [-0.39, 0.29) is 5.82 Å². The Balaban J connectivity index is 1.47. The standard InChI is InChI=1S/C20H24FN5/c1-22-20(26(2)14-15-7-5-8-16(21)13-15)23-12-6-11-19-24-17-9-3-4-10-18(17)25-19/h3-5,7-10,13H,6,11-12,14H2,1-2H3,(H,22,23)(H,24,25). The lowest BCUT2D eigenvalue weighted by molar-refractivity contribution is 0.473. The monoisotopic (exact) mass is 353 g/mol. The van der Waals surface area contributed by atoms with Gasteiger partial charge in [-0.1, -0.05) is 24.3 Å². The molecule has 0 spiro atoms. The Morgan fingerprint density at radius 2 is 2.08 bits per heavy atom. The number of hydrogen-bond acceptors (Lipinski definition) is 2. The van der Waals surface area contributed by atoms with Crippen LogP contribution in [-0.4, -0.2) is 41.5 Å². The van der Waals surface area contributed by atoms with E-state index in [4.69, 9.17) is 0 Å². The van der Waals surface area contributed by atoms with Crippen LogP contribution in [0.3, 0.4) is 0 Å². The third-order valence-corrected chi connectivity index (χ3v) is 4.19. The van der Waals surface area contributed by atoms with Crippen molar-refractivity contribution in [2.45, 2.75) is 19.4 Å². The first-order chi connectivity index (χ1) is 12.7. The van der Waals surface area contributed by atoms with Gasteiger partial charge in [0.25, 0.3) is 0 Å². The van der Waals surface area contributed by atoms with E-state index in [9.17, 15) is 4.39 Å². The molecule has 2 aromatic carbocycles. The molecule has 0 aliphatic carbocycles. The molecule has 0 saturated carbocycles. The fraction of sp³-hybridized carbons (Fsp3) is 0.300. The number of para-hydroxylation sites is 2. The van der Waals surface area contributed by atoms with Gasteiger partial charge in [0.05, 0.1) is 11.0 Å². The molecular weight excluding hydrogens is 329 g/mol. The van der Waals surface area contributed by atoms with Crippen molar-refractivity contribution in [3.63, 3.8) is 0 Å². The van der Waals surface area contributed by atoms with E-state index in [1.807, 2.05) is 42.3 Å². The molecular formula is C20H24FN5. The first-order valence-electron chi connectivity index (χ1n) is 8.75. The van der Waals surface area contributed by atoms with Crippen molar-refractivity contribution in [2.24, 2.45) is 4.99 Å². The molecule has 5 nitrogen and oxygen atoms in total. The molecule has 0 aliphatic heterocycles. The van der Waals surface area contributed by atoms with Gasteiger partial charge >= 0.3 is 0 Å². The first-order valence-corrected chi connectivity index (χ1v) is 8.75. The zero-order valence-corrected chi connectivity index (χ0v) is 15.2. The zero-order chi connectivity index (χ0) is 18.4. The highest BCUT2D eigenvalue weighted by molar-refractivity contribution is 5.79. The predicted octanol–water partition coefficient (Wildman–Crippen LogP) is 3.34. The quantitative estimate of drug-likeness (QED) is 0.406. The smallest absolute Gasteiger partial charge is 0.193 e. The Morgan fingerprint density at radius 1 is 1.23 bits per heavy atom. The number of aromatic amines is 1. The maximum absolute atomic E-state index is 13.3. The number of hydrogen-bond donors (Lipinski definition) is 2. The maximum atomic E-state index is 13.3. The van der Waals surface area contributed by atoms with Gasteiger partial charge in [-0.2, -0.15) is 0 Å². The van der Waals surface area contributed by atoms with Gasteiger partial charge in [-0.05, 0) is 36.2 Å². The lowest BCUT2D eigenvalue weighted by Crippen LogP contribution is -2.39. The summed E-state index contributed by atoms with van der Waals surface area (Å²) in [6.45, 7) is 1.39. The molecule has 0 aliphatic rings. The number of guanidine groups is 1. The lowest BCUT2D eigenvalue weighted by Gasteiger charge is -2.22. The normalized spacial score (nSPS) is 11.7. The number of halogens is 1. The highest BCUT2D eigenvalue weighted by Gasteiger charge is 2.07. The van der Waals surface area contributed by atoms with Gasteiger partial charge in [-0.15, -0.1) is 0 Å². The highest BCUT2D eigenvalue weighted by atomic mass is 19.1. The minimum Gasteiger partial charge on any atom is -0.356 e. The van der Waals surface area contributed by atoms with Crippen LogP contribution in [0.2, 0.25) is 0 Å². The number of aromatic nitrogens is 2. The van der Waals surface area contributed by atoms with Gasteiger partial charge in [-0.3, -0.25) is 4.99 Å². The summed E-state index contributed by atoms with van der Waals surface area (Å²) in [6, 6.07) is 14.7. The van der Waals surface area contributed by atoms with Gasteiger partial charge in [0.15, 0.2) is 5.96 Å². The molecule has 136 valence electrons. The van der Waals surface area contributed by atoms with E-state index in [0.717, 1.165) is 47.8 Å². The summed E-state index contributed by atoms with van der Waals surface area (Å²) in [5.74, 6) is 1.57. The number of H-pyrrole nitrogens is 1. The van der Waals surface area contributed by atoms with Crippen LogP contribution in [-0.2, 0) is 13.0 Å². The van der Waals surface area contributed by atoms with E-state index in [2.05, 4.69) is 20.3 Å². The number of nitrogens with zero attached hydrogens (tertiary/aromatic N) is 3. The first kappa shape index (κ1) is 17.9. The Labute approximate surface area is 153 Å². The van der Waals surface area contributed by atoms with Crippen molar-refractivity contribution in [1.29, 1.82) is 0 Å². The molecule has 0 fully saturated rings. The van der Waals surface area contributed by atoms with Crippen LogP contribution < -0.4 is 5.32 Å². The number of aryl methyl sites for hydroxylation is 1. The molecule has 26 heavy (non-hydrogen) atoms. The van der Waals surface area contributed by atoms with Crippen LogP contribution in [0.1, 0.15) is 17.8 Å². The molecule has 0 bridgehead atoms. The minimum atomic E-state index is -0.218. The van der Waals surface area contributed by atoms with Crippen molar-refractivity contribution in [2.75, 3.05) is 20.6 Å². The fourth-order valence-corrected chi connectivity index (χ4v) is 2.95. The van der Waals surface area contributed by atoms with E-state index in [1.54, 1.807) is 19.2 Å². The van der Waals surface area contributed by atoms with Crippen molar-refractivity contribution in [3.8, 4) is 0 Å². The highest BCUT2D eigenvalue weighted by Crippen LogP contribution is 2.11. The molecule has 1 heterocycles. The van der Waals surface area contributed by atoms with Gasteiger partial charge in [0.2, 0.25) is 0 Å². The second-order valence-electron chi connectivity index (χ2n) is 6.26. The third-order valence-electron chi connectivity index (χ3n) is 4.19. The van der Waals surface area contributed by atoms with Crippen molar-refractivity contribution in [3.05, 3.63) is 65.7 Å². The number of aliphatic imine (C=N–C) groups is 1. The molecule has 0 unspecified atom stereocenters. The Bertz CT molecular complexity index is 854. The number of imidazole rings is 1. The van der Waals surface area contributed by atoms with Crippen LogP contribution in [0, 0.1) is 5.82 Å². The summed E-state index contributed by atoms with van der Waals surface area (Å²) in [5.41, 5.74) is 2.99. The summed E-state index contributed by atoms with van der Waals surface area (Å²) in [5, 5.41) is 3.35. The van der Waals surface area contributed by atoms with Gasteiger partial charge in [0, 0.05) is 33.6 Å². The summed E-state index contributed by atoms with van der Waals surface area (Å²) in [4.78, 5) is 14.2. The zero-order valence-electron chi connectivity index (χ0n) is 15.2. The van der Waals surface area contributed by atoms with E-state index in [0.29, 0.717) is 6.54 Å². The van der Waals surface area contributed by atoms with E-state index >= 15 is 0 Å². The fourth-order valence-electron chi connectivity index (χ4n) is 2.95. The number of benzene rings is 2. The van der Waals surface area contributed by atoms with Crippen LogP contribution in [0.4, 0.5) is 4.39 Å². The minimum absolute atomic E-state index is 0.218. The Kier molecular flexibility index (Phi) is 5.84. The van der Waals surface area contributed by atoms with Crippen LogP contribution in [0.5, 0.6) is 0 Å². The molecule has 6 heteroatoms. The summed E-state index contributed by atoms with van der Waals surface area (Å²) in [7, 11) is 3.70. The summed E-state index contributed by atoms with van der Waals surface area (Å²) < 4.78 is 13.3. The molecule has 2 N–H and O–H groups in total. The Hall–Kier alpha value is -2.89. The predicted molar refractivity (Wildman–Crippen MR) is 104 cm³/mol. The number of fused-ring (bicyclic) bond motifs is 1. The second kappa shape index (κ2) is 8.47. The van der Waals surface area contributed by atoms with Crippen molar-refractivity contribution < 1.29 is 4.39 Å².